The van der Waals surface area contributed by atoms with Crippen molar-refractivity contribution in [3.05, 3.63) is 24.3 Å². The Kier molecular flexibility index (Phi) is 4.98. The molecule has 0 amide bonds. The summed E-state index contributed by atoms with van der Waals surface area (Å²) in [4.78, 5) is 10.4. The van der Waals surface area contributed by atoms with Crippen LogP contribution in [0.25, 0.3) is 0 Å². The molecule has 0 radical (unpaired) electrons. The van der Waals surface area contributed by atoms with Crippen LogP contribution >= 0.6 is 11.6 Å². The van der Waals surface area contributed by atoms with Crippen molar-refractivity contribution in [2.24, 2.45) is 0 Å². The normalized spacial score (nSPS) is 9.73. The first kappa shape index (κ1) is 11.9. The van der Waals surface area contributed by atoms with Crippen molar-refractivity contribution in [1.82, 2.24) is 0 Å². The number of hydrogen-bond acceptors (Lipinski definition) is 3. The summed E-state index contributed by atoms with van der Waals surface area (Å²) in [5, 5.41) is -0.329. The van der Waals surface area contributed by atoms with E-state index in [1.807, 2.05) is 18.2 Å². The second-order valence-corrected chi connectivity index (χ2v) is 3.41. The first-order valence-corrected chi connectivity index (χ1v) is 5.05. The second kappa shape index (κ2) is 6.30. The van der Waals surface area contributed by atoms with Crippen molar-refractivity contribution >= 4 is 16.8 Å². The Hall–Kier alpha value is -1.22. The van der Waals surface area contributed by atoms with Gasteiger partial charge in [0.2, 0.25) is 5.24 Å². The van der Waals surface area contributed by atoms with E-state index in [9.17, 15) is 4.79 Å². The van der Waals surface area contributed by atoms with Crippen LogP contribution in [0.2, 0.25) is 0 Å². The minimum Gasteiger partial charge on any atom is -0.497 e. The molecule has 0 aliphatic heterocycles. The number of benzene rings is 1. The molecule has 0 bridgehead atoms. The van der Waals surface area contributed by atoms with Gasteiger partial charge in [0.05, 0.1) is 13.7 Å². The van der Waals surface area contributed by atoms with Crippen LogP contribution in [0.1, 0.15) is 12.8 Å². The van der Waals surface area contributed by atoms with Crippen LogP contribution in [0.15, 0.2) is 24.3 Å². The molecule has 0 fully saturated rings. The maximum Gasteiger partial charge on any atom is 0.221 e. The lowest BCUT2D eigenvalue weighted by molar-refractivity contribution is -0.111. The summed E-state index contributed by atoms with van der Waals surface area (Å²) in [6.45, 7) is 0.478. The molecule has 0 aromatic heterocycles. The Balaban J connectivity index is 2.33. The average molecular weight is 229 g/mol. The van der Waals surface area contributed by atoms with Gasteiger partial charge in [0.25, 0.3) is 0 Å². The van der Waals surface area contributed by atoms with E-state index in [4.69, 9.17) is 21.1 Å². The van der Waals surface area contributed by atoms with E-state index in [0.717, 1.165) is 11.5 Å². The minimum atomic E-state index is -0.329. The zero-order valence-electron chi connectivity index (χ0n) is 8.53. The van der Waals surface area contributed by atoms with Crippen molar-refractivity contribution in [3.8, 4) is 11.5 Å². The molecule has 3 nitrogen and oxygen atoms in total. The van der Waals surface area contributed by atoms with E-state index in [1.165, 1.54) is 0 Å². The van der Waals surface area contributed by atoms with Gasteiger partial charge in [-0.3, -0.25) is 4.79 Å². The third-order valence-electron chi connectivity index (χ3n) is 1.83. The van der Waals surface area contributed by atoms with Crippen molar-refractivity contribution in [2.75, 3.05) is 13.7 Å². The van der Waals surface area contributed by atoms with Gasteiger partial charge in [-0.25, -0.2) is 0 Å². The summed E-state index contributed by atoms with van der Waals surface area (Å²) >= 11 is 5.19. The van der Waals surface area contributed by atoms with Crippen molar-refractivity contribution < 1.29 is 14.3 Å². The second-order valence-electron chi connectivity index (χ2n) is 2.99. The van der Waals surface area contributed by atoms with E-state index in [-0.39, 0.29) is 5.24 Å². The molecular weight excluding hydrogens is 216 g/mol. The van der Waals surface area contributed by atoms with Gasteiger partial charge in [0, 0.05) is 12.5 Å². The van der Waals surface area contributed by atoms with E-state index in [0.29, 0.717) is 19.4 Å². The topological polar surface area (TPSA) is 35.5 Å². The SMILES string of the molecule is COc1cccc(OCCCC(=O)Cl)c1. The van der Waals surface area contributed by atoms with Gasteiger partial charge in [0.1, 0.15) is 11.5 Å². The summed E-state index contributed by atoms with van der Waals surface area (Å²) < 4.78 is 10.5. The zero-order valence-corrected chi connectivity index (χ0v) is 9.29. The molecule has 0 atom stereocenters. The third kappa shape index (κ3) is 4.70. The number of methoxy groups -OCH3 is 1. The fraction of sp³-hybridized carbons (Fsp3) is 0.364. The zero-order chi connectivity index (χ0) is 11.1. The lowest BCUT2D eigenvalue weighted by Gasteiger charge is -2.06. The number of hydrogen-bond donors (Lipinski definition) is 0. The van der Waals surface area contributed by atoms with Crippen LogP contribution in [0.4, 0.5) is 0 Å². The van der Waals surface area contributed by atoms with Crippen LogP contribution < -0.4 is 9.47 Å². The monoisotopic (exact) mass is 228 g/mol. The Morgan fingerprint density at radius 1 is 1.40 bits per heavy atom. The Labute approximate surface area is 93.9 Å². The molecule has 0 N–H and O–H groups in total. The van der Waals surface area contributed by atoms with E-state index in [1.54, 1.807) is 13.2 Å². The molecule has 0 aliphatic carbocycles. The van der Waals surface area contributed by atoms with Crippen LogP contribution in [0, 0.1) is 0 Å². The predicted molar refractivity (Wildman–Crippen MR) is 58.6 cm³/mol. The summed E-state index contributed by atoms with van der Waals surface area (Å²) in [5.74, 6) is 1.48. The van der Waals surface area contributed by atoms with Crippen LogP contribution in [-0.4, -0.2) is 19.0 Å². The van der Waals surface area contributed by atoms with Gasteiger partial charge >= 0.3 is 0 Å². The Morgan fingerprint density at radius 2 is 2.13 bits per heavy atom. The molecule has 1 rings (SSSR count). The van der Waals surface area contributed by atoms with Crippen LogP contribution in [0.5, 0.6) is 11.5 Å². The van der Waals surface area contributed by atoms with Gasteiger partial charge in [0.15, 0.2) is 0 Å². The van der Waals surface area contributed by atoms with Crippen molar-refractivity contribution in [2.45, 2.75) is 12.8 Å². The Bertz CT molecular complexity index is 325. The van der Waals surface area contributed by atoms with Crippen molar-refractivity contribution in [3.63, 3.8) is 0 Å². The van der Waals surface area contributed by atoms with E-state index >= 15 is 0 Å². The molecule has 15 heavy (non-hydrogen) atoms. The number of rotatable bonds is 6. The van der Waals surface area contributed by atoms with Crippen LogP contribution in [-0.2, 0) is 4.79 Å². The quantitative estimate of drug-likeness (QED) is 0.555. The van der Waals surface area contributed by atoms with Crippen LogP contribution in [0.3, 0.4) is 0 Å². The molecule has 1 aromatic rings. The Morgan fingerprint density at radius 3 is 2.80 bits per heavy atom. The van der Waals surface area contributed by atoms with Gasteiger partial charge in [-0.1, -0.05) is 6.07 Å². The number of halogens is 1. The van der Waals surface area contributed by atoms with Gasteiger partial charge < -0.3 is 9.47 Å². The van der Waals surface area contributed by atoms with E-state index < -0.39 is 0 Å². The standard InChI is InChI=1S/C11H13ClO3/c1-14-9-4-2-5-10(8-9)15-7-3-6-11(12)13/h2,4-5,8H,3,6-7H2,1H3. The highest BCUT2D eigenvalue weighted by atomic mass is 35.5. The van der Waals surface area contributed by atoms with E-state index in [2.05, 4.69) is 0 Å². The molecular formula is C11H13ClO3. The molecule has 82 valence electrons. The smallest absolute Gasteiger partial charge is 0.221 e. The molecule has 0 unspecified atom stereocenters. The first-order chi connectivity index (χ1) is 7.22. The number of ether oxygens (including phenoxy) is 2. The lowest BCUT2D eigenvalue weighted by atomic mass is 10.3. The summed E-state index contributed by atoms with van der Waals surface area (Å²) in [6.07, 6.45) is 0.963. The molecule has 4 heteroatoms. The molecule has 0 heterocycles. The highest BCUT2D eigenvalue weighted by Gasteiger charge is 1.98. The highest BCUT2D eigenvalue weighted by Crippen LogP contribution is 2.18. The highest BCUT2D eigenvalue weighted by molar-refractivity contribution is 6.63. The minimum absolute atomic E-state index is 0.329. The number of carbonyl (C=O) groups is 1. The van der Waals surface area contributed by atoms with Crippen molar-refractivity contribution in [1.29, 1.82) is 0 Å². The maximum absolute atomic E-state index is 10.4. The summed E-state index contributed by atoms with van der Waals surface area (Å²) in [5.41, 5.74) is 0. The number of carbonyl (C=O) groups excluding carboxylic acids is 1. The molecule has 1 aromatic carbocycles. The molecule has 0 aliphatic rings. The average Bonchev–Trinajstić information content (AvgIpc) is 2.24. The fourth-order valence-electron chi connectivity index (χ4n) is 1.09. The van der Waals surface area contributed by atoms with Gasteiger partial charge in [-0.15, -0.1) is 0 Å². The maximum atomic E-state index is 10.4. The first-order valence-electron chi connectivity index (χ1n) is 4.67. The summed E-state index contributed by atoms with van der Waals surface area (Å²) in [7, 11) is 1.60. The third-order valence-corrected chi connectivity index (χ3v) is 2.02. The molecule has 0 saturated heterocycles. The summed E-state index contributed by atoms with van der Waals surface area (Å²) in [6, 6.07) is 7.32. The largest absolute Gasteiger partial charge is 0.497 e. The van der Waals surface area contributed by atoms with Gasteiger partial charge in [-0.2, -0.15) is 0 Å². The van der Waals surface area contributed by atoms with Gasteiger partial charge in [-0.05, 0) is 30.2 Å². The fourth-order valence-corrected chi connectivity index (χ4v) is 1.23. The molecule has 0 spiro atoms. The molecule has 0 saturated carbocycles. The predicted octanol–water partition coefficient (Wildman–Crippen LogP) is 2.62. The lowest BCUT2D eigenvalue weighted by Crippen LogP contribution is -1.99.